The fourth-order valence-electron chi connectivity index (χ4n) is 13.0. The third-order valence-electron chi connectivity index (χ3n) is 16.8. The minimum atomic E-state index is -0.315. The van der Waals surface area contributed by atoms with Gasteiger partial charge in [0.2, 0.25) is 0 Å². The van der Waals surface area contributed by atoms with Crippen molar-refractivity contribution >= 4 is 118 Å². The smallest absolute Gasteiger partial charge is 0.101 e. The molecule has 0 saturated heterocycles. The lowest BCUT2D eigenvalue weighted by Crippen LogP contribution is -2.04. The Morgan fingerprint density at radius 1 is 0.410 bits per heavy atom. The molecule has 1 aliphatic rings. The molecule has 0 bridgehead atoms. The van der Waals surface area contributed by atoms with E-state index in [9.17, 15) is 10.5 Å². The minimum absolute atomic E-state index is 0.315. The number of halogens is 1. The van der Waals surface area contributed by atoms with Crippen LogP contribution in [-0.4, -0.2) is 17.7 Å². The van der Waals surface area contributed by atoms with E-state index in [2.05, 4.69) is 267 Å². The summed E-state index contributed by atoms with van der Waals surface area (Å²) >= 11 is -0.315. The molecule has 0 spiro atoms. The molecule has 6 nitrogen and oxygen atoms in total. The maximum atomic E-state index is 11.4. The highest BCUT2D eigenvalue weighted by atomic mass is 127. The maximum absolute atomic E-state index is 11.4. The van der Waals surface area contributed by atoms with Gasteiger partial charge in [0.1, 0.15) is 12.1 Å². The first-order chi connectivity index (χ1) is 41.0. The van der Waals surface area contributed by atoms with Crippen LogP contribution in [0, 0.1) is 33.3 Å². The largest absolute Gasteiger partial charge is 0.355 e. The first-order valence-corrected chi connectivity index (χ1v) is 30.1. The van der Waals surface area contributed by atoms with E-state index < -0.39 is 0 Å². The number of fused-ring (bicyclic) bond motifs is 13. The first-order valence-electron chi connectivity index (χ1n) is 27.8. The predicted octanol–water partition coefficient (Wildman–Crippen LogP) is 19.9. The molecule has 16 rings (SSSR count). The Morgan fingerprint density at radius 3 is 1.49 bits per heavy atom. The molecule has 0 amide bonds. The van der Waals surface area contributed by atoms with Crippen LogP contribution in [0.5, 0.6) is 0 Å². The van der Waals surface area contributed by atoms with Crippen LogP contribution in [0.2, 0.25) is 0 Å². The van der Waals surface area contributed by atoms with Gasteiger partial charge < -0.3 is 19.0 Å². The molecule has 15 aromatic rings. The summed E-state index contributed by atoms with van der Waals surface area (Å²) < 4.78 is 10.6. The van der Waals surface area contributed by atoms with Crippen LogP contribution in [0.4, 0.5) is 11.4 Å². The molecule has 1 aliphatic heterocycles. The van der Waals surface area contributed by atoms with Gasteiger partial charge in [-0.05, 0) is 163 Å². The Hall–Kier alpha value is -10.6. The number of para-hydroxylation sites is 2. The van der Waals surface area contributed by atoms with Crippen LogP contribution in [0.3, 0.4) is 0 Å². The van der Waals surface area contributed by atoms with Gasteiger partial charge in [0.25, 0.3) is 0 Å². The minimum Gasteiger partial charge on any atom is -0.355 e. The van der Waals surface area contributed by atoms with Crippen LogP contribution in [-0.2, 0) is 0 Å². The number of nitriles is 2. The van der Waals surface area contributed by atoms with Crippen LogP contribution >= 0.6 is 20.7 Å². The average Bonchev–Trinajstić information content (AvgIpc) is 4.41. The number of anilines is 2. The Bertz CT molecular complexity index is 5390. The molecule has 388 valence electrons. The van der Waals surface area contributed by atoms with Crippen molar-refractivity contribution in [2.45, 2.75) is 6.92 Å². The molecule has 7 heteroatoms. The molecule has 3 aromatic heterocycles. The van der Waals surface area contributed by atoms with E-state index in [0.717, 1.165) is 110 Å². The van der Waals surface area contributed by atoms with E-state index >= 15 is 0 Å². The van der Waals surface area contributed by atoms with Crippen molar-refractivity contribution < 1.29 is 0 Å². The molecule has 0 radical (unpaired) electrons. The van der Waals surface area contributed by atoms with Gasteiger partial charge in [-0.25, -0.2) is 0 Å². The molecular formula is C76H47IN6. The summed E-state index contributed by atoms with van der Waals surface area (Å²) in [6.45, 7) is 2.16. The summed E-state index contributed by atoms with van der Waals surface area (Å²) in [7, 11) is 0. The van der Waals surface area contributed by atoms with E-state index in [1.807, 2.05) is 30.3 Å². The van der Waals surface area contributed by atoms with Gasteiger partial charge in [-0.3, -0.25) is 0 Å². The van der Waals surface area contributed by atoms with Gasteiger partial charge in [0.15, 0.2) is 0 Å². The highest BCUT2D eigenvalue weighted by molar-refractivity contribution is 14.2. The Balaban J connectivity index is 0.874. The molecular weight excluding hydrogens is 1120 g/mol. The monoisotopic (exact) mass is 1170 g/mol. The molecule has 0 unspecified atom stereocenters. The van der Waals surface area contributed by atoms with Crippen molar-refractivity contribution in [2.24, 2.45) is 0 Å². The second kappa shape index (κ2) is 19.3. The van der Waals surface area contributed by atoms with Crippen molar-refractivity contribution in [2.75, 3.05) is 5.32 Å². The molecule has 1 N–H and O–H groups in total. The van der Waals surface area contributed by atoms with Crippen molar-refractivity contribution in [3.8, 4) is 62.6 Å². The zero-order valence-electron chi connectivity index (χ0n) is 44.9. The maximum Gasteiger partial charge on any atom is 0.101 e. The summed E-state index contributed by atoms with van der Waals surface area (Å²) in [4.78, 5) is 0. The number of rotatable bonds is 8. The van der Waals surface area contributed by atoms with E-state index in [1.165, 1.54) is 31.4 Å². The number of hydrogen-bond donors (Lipinski definition) is 1. The van der Waals surface area contributed by atoms with Crippen LogP contribution in [0.1, 0.15) is 22.3 Å². The molecule has 0 aliphatic carbocycles. The summed E-state index contributed by atoms with van der Waals surface area (Å²) in [5, 5.41) is 36.6. The van der Waals surface area contributed by atoms with Gasteiger partial charge in [0, 0.05) is 55.1 Å². The fourth-order valence-corrected chi connectivity index (χ4v) is 15.4. The summed E-state index contributed by atoms with van der Waals surface area (Å²) in [6, 6.07) is 91.4. The van der Waals surface area contributed by atoms with E-state index in [1.54, 1.807) is 0 Å². The third kappa shape index (κ3) is 7.70. The second-order valence-electron chi connectivity index (χ2n) is 21.4. The standard InChI is InChI=1S/C76H47IN6/c1-47-15-8-11-22-58(47)62-39-50(26-32-66(62)80-56-18-4-2-5-19-56)52-30-34-68-64(41-52)74-59-23-12-9-16-48(59)27-36-70(74)82(68)72-43-55(46-79)73(44-54(72)45-78)83-69-35-31-53(42-65(69)75-60-24-13-10-17-49(60)28-37-71(75)83)51-29-33-67-63(40-51)61-25-14-38-77-76(61)81(67)57-20-6-3-7-21-57/h2-44,80H,1H3. The highest BCUT2D eigenvalue weighted by Crippen LogP contribution is 2.45. The van der Waals surface area contributed by atoms with Crippen molar-refractivity contribution in [1.29, 1.82) is 10.5 Å². The van der Waals surface area contributed by atoms with Gasteiger partial charge in [-0.1, -0.05) is 178 Å². The fraction of sp³-hybridized carbons (Fsp3) is 0.0132. The predicted molar refractivity (Wildman–Crippen MR) is 355 cm³/mol. The SMILES string of the molecule is Cc1ccccc1-c1cc(-c2ccc3c(c2)c2c4ccccc4ccc2n3-c2cc(C#N)c(-n3c4ccc(-c5ccc6c(c5)c5c(n6-c6ccccc6)I=CC=C5)cc4c4c5ccccc5ccc43)cc2C#N)ccc1Nc1ccccc1. The number of nitrogens with zero attached hydrogens (tertiary/aromatic N) is 5. The third-order valence-corrected chi connectivity index (χ3v) is 19.2. The molecule has 83 heavy (non-hydrogen) atoms. The number of aromatic nitrogens is 3. The van der Waals surface area contributed by atoms with Gasteiger partial charge >= 0.3 is 0 Å². The van der Waals surface area contributed by atoms with Gasteiger partial charge in [-0.2, -0.15) is 10.5 Å². The molecule has 0 fully saturated rings. The van der Waals surface area contributed by atoms with Crippen molar-refractivity contribution in [3.63, 3.8) is 0 Å². The lowest BCUT2D eigenvalue weighted by molar-refractivity contribution is 1.09. The molecule has 0 saturated carbocycles. The zero-order valence-corrected chi connectivity index (χ0v) is 47.1. The normalized spacial score (nSPS) is 12.1. The number of aryl methyl sites for hydroxylation is 1. The molecule has 0 atom stereocenters. The Morgan fingerprint density at radius 2 is 0.904 bits per heavy atom. The number of allylic oxidation sites excluding steroid dienone is 1. The highest BCUT2D eigenvalue weighted by Gasteiger charge is 2.25. The molecule has 12 aromatic carbocycles. The number of benzene rings is 12. The lowest BCUT2D eigenvalue weighted by atomic mass is 9.94. The van der Waals surface area contributed by atoms with Crippen LogP contribution in [0.15, 0.2) is 249 Å². The van der Waals surface area contributed by atoms with E-state index in [4.69, 9.17) is 0 Å². The van der Waals surface area contributed by atoms with Crippen molar-refractivity contribution in [1.82, 2.24) is 13.7 Å². The summed E-state index contributed by atoms with van der Waals surface area (Å²) in [6.07, 6.45) is 4.49. The van der Waals surface area contributed by atoms with E-state index in [-0.39, 0.29) is 20.7 Å². The lowest BCUT2D eigenvalue weighted by Gasteiger charge is -2.17. The summed E-state index contributed by atoms with van der Waals surface area (Å²) in [5.41, 5.74) is 19.6. The van der Waals surface area contributed by atoms with Crippen molar-refractivity contribution in [3.05, 3.63) is 275 Å². The number of hydrogen-bond acceptors (Lipinski definition) is 3. The molecule has 4 heterocycles. The van der Waals surface area contributed by atoms with Gasteiger partial charge in [-0.15, -0.1) is 0 Å². The van der Waals surface area contributed by atoms with Crippen LogP contribution in [0.25, 0.3) is 133 Å². The second-order valence-corrected chi connectivity index (χ2v) is 23.7. The average molecular weight is 1170 g/mol. The first kappa shape index (κ1) is 48.3. The Kier molecular flexibility index (Phi) is 11.2. The van der Waals surface area contributed by atoms with Gasteiger partial charge in [0.05, 0.1) is 53.8 Å². The topological polar surface area (TPSA) is 74.4 Å². The summed E-state index contributed by atoms with van der Waals surface area (Å²) in [5.74, 6) is 0. The quantitative estimate of drug-likeness (QED) is 0.154. The Labute approximate surface area is 488 Å². The number of nitrogens with one attached hydrogen (secondary N) is 1. The van der Waals surface area contributed by atoms with Crippen LogP contribution < -0.4 is 5.32 Å². The van der Waals surface area contributed by atoms with E-state index in [0.29, 0.717) is 22.5 Å². The zero-order chi connectivity index (χ0) is 55.3.